The summed E-state index contributed by atoms with van der Waals surface area (Å²) < 4.78 is 35.7. The number of nitriles is 1. The maximum Gasteiger partial charge on any atom is 0.269 e. The number of allylic oxidation sites excluding steroid dienone is 1. The Hall–Kier alpha value is -6.83. The van der Waals surface area contributed by atoms with Gasteiger partial charge < -0.3 is 34.2 Å². The van der Waals surface area contributed by atoms with Gasteiger partial charge in [0.25, 0.3) is 11.6 Å². The molecule has 8 rings (SSSR count). The van der Waals surface area contributed by atoms with Crippen LogP contribution in [0, 0.1) is 45.0 Å². The molecule has 1 fully saturated rings. The molecule has 13 nitrogen and oxygen atoms in total. The molecule has 5 aromatic rings. The van der Waals surface area contributed by atoms with Crippen molar-refractivity contribution >= 4 is 29.1 Å². The topological polar surface area (TPSA) is 177 Å². The number of aliphatic hydroxyl groups excluding tert-OH is 2. The molecule has 0 aromatic heterocycles. The van der Waals surface area contributed by atoms with Gasteiger partial charge in [0.05, 0.1) is 34.8 Å². The van der Waals surface area contributed by atoms with Gasteiger partial charge in [-0.15, -0.1) is 18.3 Å². The molecular weight excluding hydrogens is 924 g/mol. The number of amides is 1. The molecule has 0 saturated heterocycles. The first-order valence-corrected chi connectivity index (χ1v) is 25.1. The zero-order valence-electron chi connectivity index (χ0n) is 39.5. The van der Waals surface area contributed by atoms with Gasteiger partial charge in [-0.3, -0.25) is 14.9 Å². The van der Waals surface area contributed by atoms with E-state index in [2.05, 4.69) is 18.7 Å². The van der Waals surface area contributed by atoms with Gasteiger partial charge in [0.15, 0.2) is 0 Å². The predicted octanol–water partition coefficient (Wildman–Crippen LogP) is 11.3. The van der Waals surface area contributed by atoms with Crippen molar-refractivity contribution in [3.8, 4) is 23.3 Å². The molecule has 0 spiro atoms. The number of rotatable bonds is 22. The lowest BCUT2D eigenvalue weighted by molar-refractivity contribution is -0.384. The Morgan fingerprint density at radius 2 is 1.65 bits per heavy atom. The van der Waals surface area contributed by atoms with Crippen LogP contribution in [-0.4, -0.2) is 69.6 Å². The predicted molar refractivity (Wildman–Crippen MR) is 269 cm³/mol. The van der Waals surface area contributed by atoms with Crippen molar-refractivity contribution in [2.24, 2.45) is 22.9 Å². The Labute approximate surface area is 417 Å². The number of unbranched alkanes of at least 4 members (excludes halogenated alkanes) is 2. The molecular formula is C56H57FN4O9S. The Morgan fingerprint density at radius 1 is 0.958 bits per heavy atom. The van der Waals surface area contributed by atoms with Gasteiger partial charge >= 0.3 is 0 Å². The summed E-state index contributed by atoms with van der Waals surface area (Å²) in [5.74, 6) is -1.78. The van der Waals surface area contributed by atoms with Crippen LogP contribution in [0.5, 0.6) is 17.2 Å². The van der Waals surface area contributed by atoms with Crippen molar-refractivity contribution in [2.75, 3.05) is 26.1 Å². The van der Waals surface area contributed by atoms with E-state index in [0.29, 0.717) is 64.5 Å². The van der Waals surface area contributed by atoms with E-state index >= 15 is 4.79 Å². The van der Waals surface area contributed by atoms with Gasteiger partial charge in [0.2, 0.25) is 5.79 Å². The molecule has 2 N–H and O–H groups in total. The molecule has 1 amide bonds. The lowest BCUT2D eigenvalue weighted by Crippen LogP contribution is -2.70. The number of nitro groups is 1. The third-order valence-corrected chi connectivity index (χ3v) is 14.4. The highest BCUT2D eigenvalue weighted by Crippen LogP contribution is 2.62. The molecule has 1 heterocycles. The number of benzene rings is 5. The number of carbonyl (C=O) groups excluding carboxylic acids is 1. The number of halogens is 1. The second-order valence-corrected chi connectivity index (χ2v) is 18.9. The van der Waals surface area contributed by atoms with Crippen LogP contribution < -0.4 is 9.47 Å². The maximum absolute atomic E-state index is 15.4. The minimum Gasteiger partial charge on any atom is -0.459 e. The number of hydrogen-bond acceptors (Lipinski definition) is 12. The van der Waals surface area contributed by atoms with Crippen molar-refractivity contribution in [3.63, 3.8) is 0 Å². The van der Waals surface area contributed by atoms with Gasteiger partial charge in [0.1, 0.15) is 35.7 Å². The standard InChI is InChI=1S/C56H57FN4O9S/c1-3-30-67-56-52(60(35-38-12-18-42(57)19-13-38)55(64)40-16-10-37(34-58)11-17-40)33-50(59-68-36-39-14-20-43(21-15-39)61(65)66)48-31-41(8-4-6-28-62)47(9-5-7-29-63)53(54(48)56)49-32-45(24-27-51(49)70-56)69-44-22-25-46(71-2)26-23-44/h3,10-27,31-32,41,47,52-54,62-63H,1,4-9,28-30,33,35-36H2,2H3/t41-,47+,52-,53+,54+,56+/m0/s1. The summed E-state index contributed by atoms with van der Waals surface area (Å²) in [5, 5.41) is 46.1. The largest absolute Gasteiger partial charge is 0.459 e. The van der Waals surface area contributed by atoms with E-state index in [-0.39, 0.29) is 62.8 Å². The first kappa shape index (κ1) is 50.6. The zero-order chi connectivity index (χ0) is 49.9. The molecule has 2 aliphatic carbocycles. The number of ether oxygens (including phenoxy) is 3. The average molecular weight is 981 g/mol. The van der Waals surface area contributed by atoms with Crippen LogP contribution in [0.25, 0.3) is 0 Å². The number of non-ortho nitro benzene ring substituents is 1. The molecule has 0 radical (unpaired) electrons. The van der Waals surface area contributed by atoms with Crippen molar-refractivity contribution in [3.05, 3.63) is 183 Å². The molecule has 6 atom stereocenters. The number of nitro benzene ring substituents is 1. The Balaban J connectivity index is 1.35. The number of hydrogen-bond donors (Lipinski definition) is 2. The first-order valence-electron chi connectivity index (χ1n) is 23.9. The van der Waals surface area contributed by atoms with Crippen LogP contribution in [-0.2, 0) is 22.7 Å². The van der Waals surface area contributed by atoms with E-state index in [9.17, 15) is 30.0 Å². The van der Waals surface area contributed by atoms with E-state index in [1.165, 1.54) is 24.3 Å². The van der Waals surface area contributed by atoms with E-state index in [0.717, 1.165) is 35.3 Å². The molecule has 1 aliphatic heterocycles. The molecule has 71 heavy (non-hydrogen) atoms. The number of thioether (sulfide) groups is 1. The highest BCUT2D eigenvalue weighted by molar-refractivity contribution is 7.98. The highest BCUT2D eigenvalue weighted by atomic mass is 32.2. The van der Waals surface area contributed by atoms with E-state index < -0.39 is 34.4 Å². The van der Waals surface area contributed by atoms with E-state index in [1.54, 1.807) is 71.3 Å². The normalized spacial score (nSPS) is 21.4. The molecule has 0 bridgehead atoms. The fourth-order valence-electron chi connectivity index (χ4n) is 10.4. The van der Waals surface area contributed by atoms with Crippen LogP contribution in [0.15, 0.2) is 150 Å². The monoisotopic (exact) mass is 980 g/mol. The van der Waals surface area contributed by atoms with Gasteiger partial charge in [0, 0.05) is 60.3 Å². The molecule has 15 heteroatoms. The van der Waals surface area contributed by atoms with Gasteiger partial charge in [-0.05, 0) is 151 Å². The molecule has 5 aromatic carbocycles. The number of oxime groups is 1. The van der Waals surface area contributed by atoms with Crippen molar-refractivity contribution in [2.45, 2.75) is 80.7 Å². The SMILES string of the molecule is C=CCO[C@@]12Oc3ccc(Oc4ccc(SC)cc4)cc3[C@H]3[C@H](CCCCO)[C@@H](CCCCO)C=C(C(=NOCc4ccc([N+](=O)[O-])cc4)C[C@@H]1N(Cc1ccc(F)cc1)C(=O)c1ccc(C#N)cc1)[C@H]32. The van der Waals surface area contributed by atoms with E-state index in [4.69, 9.17) is 24.2 Å². The molecule has 0 unspecified atom stereocenters. The minimum atomic E-state index is -1.61. The van der Waals surface area contributed by atoms with Crippen LogP contribution in [0.2, 0.25) is 0 Å². The Morgan fingerprint density at radius 3 is 2.31 bits per heavy atom. The minimum absolute atomic E-state index is 0.00160. The second kappa shape index (κ2) is 23.4. The van der Waals surface area contributed by atoms with Gasteiger partial charge in [-0.2, -0.15) is 5.26 Å². The fourth-order valence-corrected chi connectivity index (χ4v) is 10.8. The summed E-state index contributed by atoms with van der Waals surface area (Å²) in [6.07, 6.45) is 10.1. The van der Waals surface area contributed by atoms with Crippen molar-refractivity contribution < 1.29 is 43.4 Å². The number of fused-ring (bicyclic) bond motifs is 2. The highest BCUT2D eigenvalue weighted by Gasteiger charge is 2.65. The third-order valence-electron chi connectivity index (χ3n) is 13.7. The molecule has 1 saturated carbocycles. The Bertz CT molecular complexity index is 2760. The molecule has 3 aliphatic rings. The summed E-state index contributed by atoms with van der Waals surface area (Å²) in [4.78, 5) is 35.4. The first-order chi connectivity index (χ1) is 34.6. The number of aliphatic hydroxyl groups is 2. The number of carbonyl (C=O) groups is 1. The number of nitrogens with zero attached hydrogens (tertiary/aromatic N) is 4. The summed E-state index contributed by atoms with van der Waals surface area (Å²) >= 11 is 1.64. The lowest BCUT2D eigenvalue weighted by Gasteiger charge is -2.60. The second-order valence-electron chi connectivity index (χ2n) is 18.0. The smallest absolute Gasteiger partial charge is 0.269 e. The van der Waals surface area contributed by atoms with Gasteiger partial charge in [-0.1, -0.05) is 42.3 Å². The van der Waals surface area contributed by atoms with Crippen molar-refractivity contribution in [1.82, 2.24) is 4.90 Å². The Kier molecular flexibility index (Phi) is 16.7. The van der Waals surface area contributed by atoms with Crippen molar-refractivity contribution in [1.29, 1.82) is 5.26 Å². The van der Waals surface area contributed by atoms with Crippen LogP contribution in [0.4, 0.5) is 10.1 Å². The fraction of sp³-hybridized carbons (Fsp3) is 0.339. The van der Waals surface area contributed by atoms with Gasteiger partial charge in [-0.25, -0.2) is 4.39 Å². The zero-order valence-corrected chi connectivity index (χ0v) is 40.3. The summed E-state index contributed by atoms with van der Waals surface area (Å²) in [6.45, 7) is 4.12. The lowest BCUT2D eigenvalue weighted by atomic mass is 9.55. The maximum atomic E-state index is 15.4. The van der Waals surface area contributed by atoms with E-state index in [1.807, 2.05) is 48.7 Å². The average Bonchev–Trinajstić information content (AvgIpc) is 3.39. The summed E-state index contributed by atoms with van der Waals surface area (Å²) in [5.41, 5.74) is 4.12. The van der Waals surface area contributed by atoms with Crippen LogP contribution in [0.1, 0.15) is 83.5 Å². The summed E-state index contributed by atoms with van der Waals surface area (Å²) in [6, 6.07) is 33.2. The third kappa shape index (κ3) is 11.4. The summed E-state index contributed by atoms with van der Waals surface area (Å²) in [7, 11) is 0. The quantitative estimate of drug-likeness (QED) is 0.0222. The van der Waals surface area contributed by atoms with Crippen LogP contribution >= 0.6 is 11.8 Å². The van der Waals surface area contributed by atoms with Crippen LogP contribution in [0.3, 0.4) is 0 Å². The molecule has 368 valence electrons.